The largest absolute Gasteiger partial charge is 0.451 e. The first kappa shape index (κ1) is 18.2. The molecular weight excluding hydrogens is 386 g/mol. The van der Waals surface area contributed by atoms with Crippen LogP contribution in [0, 0.1) is 0 Å². The standard InChI is InChI=1S/C18H17N3O6S/c1-11(17(23)20-9-8-19-18(20)24)27-15(22)10-21-13-6-2-4-12-5-3-7-14(16(12)13)28(21,25)26/h2-7,11H,8-10H2,1H3,(H,19,24). The maximum atomic E-state index is 12.9. The number of carbonyl (C=O) groups excluding carboxylic acids is 3. The van der Waals surface area contributed by atoms with Crippen molar-refractivity contribution in [3.05, 3.63) is 36.4 Å². The highest BCUT2D eigenvalue weighted by atomic mass is 32.2. The lowest BCUT2D eigenvalue weighted by Gasteiger charge is -2.21. The minimum absolute atomic E-state index is 0.131. The van der Waals surface area contributed by atoms with Gasteiger partial charge in [0.05, 0.1) is 10.6 Å². The van der Waals surface area contributed by atoms with Crippen LogP contribution in [0.5, 0.6) is 0 Å². The Kier molecular flexibility index (Phi) is 4.22. The van der Waals surface area contributed by atoms with E-state index in [1.54, 1.807) is 30.3 Å². The van der Waals surface area contributed by atoms with Crippen LogP contribution in [0.3, 0.4) is 0 Å². The van der Waals surface area contributed by atoms with Crippen LogP contribution in [0.25, 0.3) is 10.8 Å². The molecule has 1 atom stereocenters. The van der Waals surface area contributed by atoms with Crippen LogP contribution in [0.2, 0.25) is 0 Å². The molecule has 2 aliphatic rings. The quantitative estimate of drug-likeness (QED) is 0.757. The summed E-state index contributed by atoms with van der Waals surface area (Å²) in [6.45, 7) is 1.30. The zero-order chi connectivity index (χ0) is 20.1. The van der Waals surface area contributed by atoms with E-state index in [-0.39, 0.29) is 11.4 Å². The summed E-state index contributed by atoms with van der Waals surface area (Å²) >= 11 is 0. The molecule has 1 fully saturated rings. The second-order valence-corrected chi connectivity index (χ2v) is 8.33. The number of sulfonamides is 1. The first-order valence-electron chi connectivity index (χ1n) is 8.64. The van der Waals surface area contributed by atoms with Gasteiger partial charge in [-0.05, 0) is 24.4 Å². The summed E-state index contributed by atoms with van der Waals surface area (Å²) in [5.74, 6) is -1.54. The molecule has 146 valence electrons. The highest BCUT2D eigenvalue weighted by Crippen LogP contribution is 2.41. The van der Waals surface area contributed by atoms with Gasteiger partial charge < -0.3 is 10.1 Å². The molecule has 1 saturated heterocycles. The fraction of sp³-hybridized carbons (Fsp3) is 0.278. The van der Waals surface area contributed by atoms with Crippen molar-refractivity contribution in [2.75, 3.05) is 23.9 Å². The molecule has 4 rings (SSSR count). The molecule has 2 aliphatic heterocycles. The SMILES string of the molecule is CC(OC(=O)CN1c2cccc3cccc(c23)S1(=O)=O)C(=O)N1CCNC1=O. The molecule has 0 aliphatic carbocycles. The Labute approximate surface area is 160 Å². The number of hydrogen-bond acceptors (Lipinski definition) is 6. The summed E-state index contributed by atoms with van der Waals surface area (Å²) in [6.07, 6.45) is -1.21. The van der Waals surface area contributed by atoms with Crippen LogP contribution in [0.4, 0.5) is 10.5 Å². The molecule has 28 heavy (non-hydrogen) atoms. The number of hydrogen-bond donors (Lipinski definition) is 1. The molecule has 3 amide bonds. The van der Waals surface area contributed by atoms with Crippen molar-refractivity contribution in [1.29, 1.82) is 0 Å². The molecule has 0 aromatic heterocycles. The van der Waals surface area contributed by atoms with Gasteiger partial charge in [-0.1, -0.05) is 24.3 Å². The fourth-order valence-corrected chi connectivity index (χ4v) is 5.09. The number of nitrogens with one attached hydrogen (secondary N) is 1. The number of imide groups is 1. The number of ether oxygens (including phenoxy) is 1. The van der Waals surface area contributed by atoms with Gasteiger partial charge in [-0.2, -0.15) is 0 Å². The van der Waals surface area contributed by atoms with E-state index in [4.69, 9.17) is 4.74 Å². The minimum Gasteiger partial charge on any atom is -0.451 e. The van der Waals surface area contributed by atoms with Gasteiger partial charge in [-0.3, -0.25) is 18.8 Å². The van der Waals surface area contributed by atoms with Gasteiger partial charge in [0, 0.05) is 18.5 Å². The predicted octanol–water partition coefficient (Wildman–Crippen LogP) is 0.832. The number of urea groups is 1. The van der Waals surface area contributed by atoms with Crippen molar-refractivity contribution in [2.45, 2.75) is 17.9 Å². The summed E-state index contributed by atoms with van der Waals surface area (Å²) in [4.78, 5) is 37.3. The maximum Gasteiger partial charge on any atom is 0.327 e. The lowest BCUT2D eigenvalue weighted by Crippen LogP contribution is -2.43. The van der Waals surface area contributed by atoms with Gasteiger partial charge in [-0.25, -0.2) is 13.2 Å². The van der Waals surface area contributed by atoms with E-state index >= 15 is 0 Å². The number of anilines is 1. The van der Waals surface area contributed by atoms with Gasteiger partial charge in [0.1, 0.15) is 6.54 Å². The van der Waals surface area contributed by atoms with Crippen LogP contribution >= 0.6 is 0 Å². The minimum atomic E-state index is -3.90. The van der Waals surface area contributed by atoms with E-state index in [2.05, 4.69) is 5.32 Å². The lowest BCUT2D eigenvalue weighted by molar-refractivity contribution is -0.156. The van der Waals surface area contributed by atoms with E-state index < -0.39 is 40.6 Å². The van der Waals surface area contributed by atoms with Crippen LogP contribution in [0.15, 0.2) is 41.3 Å². The Hall–Kier alpha value is -3.14. The Morgan fingerprint density at radius 2 is 1.93 bits per heavy atom. The van der Waals surface area contributed by atoms with Crippen molar-refractivity contribution in [1.82, 2.24) is 10.2 Å². The number of nitrogens with zero attached hydrogens (tertiary/aromatic N) is 2. The van der Waals surface area contributed by atoms with Crippen LogP contribution in [-0.2, 0) is 24.3 Å². The summed E-state index contributed by atoms with van der Waals surface area (Å²) < 4.78 is 31.8. The summed E-state index contributed by atoms with van der Waals surface area (Å²) in [5, 5.41) is 3.79. The molecule has 0 radical (unpaired) electrons. The number of esters is 1. The maximum absolute atomic E-state index is 12.9. The van der Waals surface area contributed by atoms with Crippen LogP contribution in [0.1, 0.15) is 6.92 Å². The first-order chi connectivity index (χ1) is 13.3. The molecule has 1 unspecified atom stereocenters. The topological polar surface area (TPSA) is 113 Å². The average Bonchev–Trinajstić information content (AvgIpc) is 3.18. The Morgan fingerprint density at radius 1 is 1.21 bits per heavy atom. The van der Waals surface area contributed by atoms with E-state index in [1.807, 2.05) is 0 Å². The molecule has 2 aromatic carbocycles. The van der Waals surface area contributed by atoms with E-state index in [0.29, 0.717) is 17.6 Å². The van der Waals surface area contributed by atoms with Crippen molar-refractivity contribution in [3.8, 4) is 0 Å². The molecule has 10 heteroatoms. The molecule has 2 heterocycles. The second-order valence-electron chi connectivity index (χ2n) is 6.50. The molecule has 9 nitrogen and oxygen atoms in total. The molecule has 0 spiro atoms. The molecule has 2 aromatic rings. The van der Waals surface area contributed by atoms with Gasteiger partial charge in [0.15, 0.2) is 6.10 Å². The number of amides is 3. The third kappa shape index (κ3) is 2.76. The Morgan fingerprint density at radius 3 is 2.61 bits per heavy atom. The van der Waals surface area contributed by atoms with Gasteiger partial charge >= 0.3 is 12.0 Å². The smallest absolute Gasteiger partial charge is 0.327 e. The third-order valence-electron chi connectivity index (χ3n) is 4.73. The van der Waals surface area contributed by atoms with Crippen molar-refractivity contribution in [2.24, 2.45) is 0 Å². The molecule has 1 N–H and O–H groups in total. The normalized spacial score (nSPS) is 18.2. The van der Waals surface area contributed by atoms with Gasteiger partial charge in [0.2, 0.25) is 0 Å². The van der Waals surface area contributed by atoms with Crippen molar-refractivity contribution < 1.29 is 27.5 Å². The highest BCUT2D eigenvalue weighted by Gasteiger charge is 2.38. The highest BCUT2D eigenvalue weighted by molar-refractivity contribution is 7.93. The zero-order valence-electron chi connectivity index (χ0n) is 14.9. The van der Waals surface area contributed by atoms with Crippen molar-refractivity contribution >= 4 is 44.4 Å². The van der Waals surface area contributed by atoms with E-state index in [9.17, 15) is 22.8 Å². The fourth-order valence-electron chi connectivity index (χ4n) is 3.43. The summed E-state index contributed by atoms with van der Waals surface area (Å²) in [5.41, 5.74) is 0.392. The zero-order valence-corrected chi connectivity index (χ0v) is 15.7. The Bertz CT molecular complexity index is 1110. The lowest BCUT2D eigenvalue weighted by atomic mass is 10.1. The predicted molar refractivity (Wildman–Crippen MR) is 99.1 cm³/mol. The summed E-state index contributed by atoms with van der Waals surface area (Å²) in [7, 11) is -3.90. The summed E-state index contributed by atoms with van der Waals surface area (Å²) in [6, 6.07) is 9.50. The van der Waals surface area contributed by atoms with Gasteiger partial charge in [0.25, 0.3) is 15.9 Å². The molecule has 0 saturated carbocycles. The van der Waals surface area contributed by atoms with Crippen LogP contribution in [-0.4, -0.2) is 57.0 Å². The number of benzene rings is 2. The van der Waals surface area contributed by atoms with E-state index in [0.717, 1.165) is 14.6 Å². The Balaban J connectivity index is 1.53. The number of carbonyl (C=O) groups is 3. The monoisotopic (exact) mass is 403 g/mol. The van der Waals surface area contributed by atoms with Crippen molar-refractivity contribution in [3.63, 3.8) is 0 Å². The van der Waals surface area contributed by atoms with Crippen LogP contribution < -0.4 is 9.62 Å². The molecule has 0 bridgehead atoms. The number of rotatable bonds is 4. The van der Waals surface area contributed by atoms with Gasteiger partial charge in [-0.15, -0.1) is 0 Å². The second kappa shape index (κ2) is 6.48. The third-order valence-corrected chi connectivity index (χ3v) is 6.53. The average molecular weight is 403 g/mol. The molecular formula is C18H17N3O6S. The van der Waals surface area contributed by atoms with E-state index in [1.165, 1.54) is 13.0 Å². The first-order valence-corrected chi connectivity index (χ1v) is 10.1.